The van der Waals surface area contributed by atoms with Gasteiger partial charge in [0.05, 0.1) is 31.6 Å². The molecule has 1 aliphatic carbocycles. The number of halogens is 1. The van der Waals surface area contributed by atoms with Crippen molar-refractivity contribution in [3.63, 3.8) is 0 Å². The second-order valence-electron chi connectivity index (χ2n) is 18.8. The van der Waals surface area contributed by atoms with Gasteiger partial charge in [-0.2, -0.15) is 0 Å². The van der Waals surface area contributed by atoms with Crippen LogP contribution in [0.25, 0.3) is 0 Å². The molecule has 4 aromatic rings. The number of unbranched alkanes of at least 4 members (excludes halogenated alkanes) is 1. The normalized spacial score (nSPS) is 22.7. The minimum atomic E-state index is -0.220. The molecule has 0 saturated carbocycles. The zero-order valence-electron chi connectivity index (χ0n) is 37.1. The van der Waals surface area contributed by atoms with Gasteiger partial charge in [-0.3, -0.25) is 9.59 Å². The fourth-order valence-corrected chi connectivity index (χ4v) is 11.6. The van der Waals surface area contributed by atoms with E-state index in [1.807, 2.05) is 30.3 Å². The lowest BCUT2D eigenvalue weighted by molar-refractivity contribution is -0.120. The molecule has 2 amide bonds. The van der Waals surface area contributed by atoms with Crippen molar-refractivity contribution >= 4 is 23.8 Å². The van der Waals surface area contributed by atoms with Gasteiger partial charge in [0, 0.05) is 85.7 Å². The summed E-state index contributed by atoms with van der Waals surface area (Å²) in [6, 6.07) is 23.9. The first-order chi connectivity index (χ1) is 31.1. The van der Waals surface area contributed by atoms with Crippen molar-refractivity contribution in [1.82, 2.24) is 15.5 Å². The monoisotopic (exact) mass is 872 g/mol. The molecule has 3 unspecified atom stereocenters. The van der Waals surface area contributed by atoms with Gasteiger partial charge in [0.2, 0.25) is 5.91 Å². The number of hydrogen-bond acceptors (Lipinski definition) is 9. The summed E-state index contributed by atoms with van der Waals surface area (Å²) in [6.07, 6.45) is 9.09. The Morgan fingerprint density at radius 1 is 1.02 bits per heavy atom. The summed E-state index contributed by atoms with van der Waals surface area (Å²) >= 11 is 0. The molecule has 5 heterocycles. The van der Waals surface area contributed by atoms with Gasteiger partial charge in [-0.25, -0.2) is 4.39 Å². The number of phenolic OH excluding ortho intramolecular Hbond substituents is 1. The molecule has 0 bridgehead atoms. The highest BCUT2D eigenvalue weighted by molar-refractivity contribution is 5.99. The van der Waals surface area contributed by atoms with E-state index in [4.69, 9.17) is 14.2 Å². The number of amides is 2. The molecule has 3 fully saturated rings. The first-order valence-electron chi connectivity index (χ1n) is 23.2. The van der Waals surface area contributed by atoms with Crippen LogP contribution in [0.3, 0.4) is 0 Å². The lowest BCUT2D eigenvalue weighted by atomic mass is 9.69. The summed E-state index contributed by atoms with van der Waals surface area (Å²) in [5.41, 5.74) is 7.88. The Morgan fingerprint density at radius 2 is 1.81 bits per heavy atom. The Hall–Kier alpha value is -5.46. The molecular formula is C52H61FN4O7. The van der Waals surface area contributed by atoms with E-state index >= 15 is 4.39 Å². The standard InChI is InChI=1S/C46H50FN3O5.C6H11NO2/c1-53-41-23-40(39(47)22-36(41)42-33(30-5-3-2-4-6-30)9-7-31-21-32(51)8-10-34(31)42)50-19-15-46(16-20-50)24-29(27-55-46)26-49-17-13-45(14-18-49)28-54-43-37-25-48-44(52)35(37)11-12-38(43)45;1-7-6(9)4-2-3-5-8/h2-6,8,10-12,21-23,29,33,42,51H,7,9,13-20,24-28H2,1H3,(H,48,52);5H,2-4H2,1H3,(H,7,9). The van der Waals surface area contributed by atoms with Crippen LogP contribution in [0.4, 0.5) is 10.1 Å². The Labute approximate surface area is 375 Å². The molecule has 0 aromatic heterocycles. The van der Waals surface area contributed by atoms with Crippen LogP contribution in [0.2, 0.25) is 0 Å². The van der Waals surface area contributed by atoms with Crippen LogP contribution < -0.4 is 25.0 Å². The van der Waals surface area contributed by atoms with Gasteiger partial charge in [-0.05, 0) is 117 Å². The number of fused-ring (bicyclic) bond motifs is 5. The molecule has 12 heteroatoms. The number of methoxy groups -OCH3 is 1. The summed E-state index contributed by atoms with van der Waals surface area (Å²) in [5.74, 6) is 2.24. The fourth-order valence-electron chi connectivity index (χ4n) is 11.6. The number of aryl methyl sites for hydroxylation is 1. The van der Waals surface area contributed by atoms with Gasteiger partial charge in [0.1, 0.15) is 29.4 Å². The molecule has 3 N–H and O–H groups in total. The molecule has 3 atom stereocenters. The van der Waals surface area contributed by atoms with E-state index in [1.54, 1.807) is 26.3 Å². The molecule has 10 rings (SSSR count). The van der Waals surface area contributed by atoms with Gasteiger partial charge in [-0.1, -0.05) is 42.5 Å². The number of aromatic hydroxyl groups is 1. The molecule has 5 aliphatic heterocycles. The van der Waals surface area contributed by atoms with Crippen molar-refractivity contribution in [2.24, 2.45) is 5.92 Å². The summed E-state index contributed by atoms with van der Waals surface area (Å²) in [4.78, 5) is 37.2. The van der Waals surface area contributed by atoms with Crippen LogP contribution in [0.1, 0.15) is 113 Å². The van der Waals surface area contributed by atoms with E-state index in [0.29, 0.717) is 49.8 Å². The molecule has 338 valence electrons. The predicted molar refractivity (Wildman–Crippen MR) is 243 cm³/mol. The number of hydrogen-bond donors (Lipinski definition) is 3. The average Bonchev–Trinajstić information content (AvgIpc) is 4.02. The summed E-state index contributed by atoms with van der Waals surface area (Å²) in [5, 5.41) is 15.7. The first kappa shape index (κ1) is 43.8. The lowest BCUT2D eigenvalue weighted by Crippen LogP contribution is -2.46. The van der Waals surface area contributed by atoms with Crippen molar-refractivity contribution in [2.75, 3.05) is 65.0 Å². The van der Waals surface area contributed by atoms with Crippen molar-refractivity contribution in [3.05, 3.63) is 118 Å². The summed E-state index contributed by atoms with van der Waals surface area (Å²) < 4.78 is 35.4. The third-order valence-electron chi connectivity index (χ3n) is 15.1. The van der Waals surface area contributed by atoms with Crippen molar-refractivity contribution in [2.45, 2.75) is 93.6 Å². The largest absolute Gasteiger partial charge is 0.508 e. The molecule has 3 saturated heterocycles. The third-order valence-corrected chi connectivity index (χ3v) is 15.1. The molecule has 6 aliphatic rings. The van der Waals surface area contributed by atoms with Gasteiger partial charge in [0.25, 0.3) is 5.91 Å². The topological polar surface area (TPSA) is 130 Å². The fraction of sp³-hybridized carbons (Fsp3) is 0.481. The van der Waals surface area contributed by atoms with E-state index in [0.717, 1.165) is 124 Å². The maximum absolute atomic E-state index is 16.4. The van der Waals surface area contributed by atoms with Crippen molar-refractivity contribution in [3.8, 4) is 17.2 Å². The number of piperidine rings is 2. The maximum Gasteiger partial charge on any atom is 0.252 e. The highest BCUT2D eigenvalue weighted by atomic mass is 19.1. The number of benzene rings is 4. The lowest BCUT2D eigenvalue weighted by Gasteiger charge is -2.41. The number of nitrogens with one attached hydrogen (secondary N) is 2. The van der Waals surface area contributed by atoms with E-state index in [2.05, 4.69) is 50.8 Å². The number of rotatable bonds is 10. The van der Waals surface area contributed by atoms with Crippen LogP contribution >= 0.6 is 0 Å². The highest BCUT2D eigenvalue weighted by Gasteiger charge is 2.47. The highest BCUT2D eigenvalue weighted by Crippen LogP contribution is 2.52. The smallest absolute Gasteiger partial charge is 0.252 e. The van der Waals surface area contributed by atoms with E-state index in [-0.39, 0.29) is 46.2 Å². The van der Waals surface area contributed by atoms with E-state index in [1.165, 1.54) is 11.1 Å². The number of nitrogens with zero attached hydrogens (tertiary/aromatic N) is 2. The molecule has 0 radical (unpaired) electrons. The summed E-state index contributed by atoms with van der Waals surface area (Å²) in [7, 11) is 3.27. The van der Waals surface area contributed by atoms with Crippen LogP contribution in [-0.4, -0.2) is 93.8 Å². The van der Waals surface area contributed by atoms with E-state index < -0.39 is 0 Å². The zero-order valence-corrected chi connectivity index (χ0v) is 37.1. The Kier molecular flexibility index (Phi) is 12.7. The molecular weight excluding hydrogens is 812 g/mol. The second kappa shape index (κ2) is 18.6. The van der Waals surface area contributed by atoms with Gasteiger partial charge >= 0.3 is 0 Å². The second-order valence-corrected chi connectivity index (χ2v) is 18.8. The van der Waals surface area contributed by atoms with Crippen LogP contribution in [-0.2, 0) is 32.7 Å². The average molecular weight is 873 g/mol. The SMILES string of the molecule is CNC(=O)CCCC=O.COc1cc(N2CCC3(CC2)CC(CN2CCC4(CC2)COc2c4ccc4c2CNC4=O)CO3)c(F)cc1C1c2ccc(O)cc2CCC1c1ccccc1. The Morgan fingerprint density at radius 3 is 2.56 bits per heavy atom. The first-order valence-corrected chi connectivity index (χ1v) is 23.2. The Balaban J connectivity index is 0.000000522. The molecule has 2 spiro atoms. The number of ether oxygens (including phenoxy) is 3. The van der Waals surface area contributed by atoms with Gasteiger partial charge < -0.3 is 44.5 Å². The minimum Gasteiger partial charge on any atom is -0.508 e. The predicted octanol–water partition coefficient (Wildman–Crippen LogP) is 7.55. The number of carbonyl (C=O) groups is 3. The maximum atomic E-state index is 16.4. The van der Waals surface area contributed by atoms with Crippen LogP contribution in [0.5, 0.6) is 17.2 Å². The summed E-state index contributed by atoms with van der Waals surface area (Å²) in [6.45, 7) is 6.63. The molecule has 64 heavy (non-hydrogen) atoms. The number of anilines is 1. The molecule has 11 nitrogen and oxygen atoms in total. The quantitative estimate of drug-likeness (QED) is 0.109. The van der Waals surface area contributed by atoms with Gasteiger partial charge in [-0.15, -0.1) is 0 Å². The third kappa shape index (κ3) is 8.58. The van der Waals surface area contributed by atoms with Crippen molar-refractivity contribution in [1.29, 1.82) is 0 Å². The van der Waals surface area contributed by atoms with E-state index in [9.17, 15) is 19.5 Å². The Bertz CT molecular complexity index is 2360. The van der Waals surface area contributed by atoms with Gasteiger partial charge in [0.15, 0.2) is 0 Å². The minimum absolute atomic E-state index is 0.00292. The van der Waals surface area contributed by atoms with Crippen LogP contribution in [0, 0.1) is 11.7 Å². The number of carbonyl (C=O) groups excluding carboxylic acids is 3. The number of likely N-dealkylation sites (tertiary alicyclic amines) is 1. The number of phenols is 1. The molecule has 4 aromatic carbocycles. The van der Waals surface area contributed by atoms with Crippen molar-refractivity contribution < 1.29 is 38.1 Å². The van der Waals surface area contributed by atoms with Crippen LogP contribution in [0.15, 0.2) is 72.8 Å². The zero-order chi connectivity index (χ0) is 44.4. The number of aldehydes is 1.